The zero-order valence-electron chi connectivity index (χ0n) is 11.4. The smallest absolute Gasteiger partial charge is 0.124 e. The van der Waals surface area contributed by atoms with Crippen molar-refractivity contribution in [3.8, 4) is 0 Å². The molecule has 1 atom stereocenters. The van der Waals surface area contributed by atoms with Crippen molar-refractivity contribution in [1.82, 2.24) is 5.32 Å². The predicted molar refractivity (Wildman–Crippen MR) is 80.7 cm³/mol. The van der Waals surface area contributed by atoms with Crippen LogP contribution in [0.3, 0.4) is 0 Å². The van der Waals surface area contributed by atoms with Crippen molar-refractivity contribution in [2.24, 2.45) is 0 Å². The van der Waals surface area contributed by atoms with E-state index in [9.17, 15) is 8.78 Å². The minimum atomic E-state index is -0.273. The number of benzene rings is 2. The second-order valence-corrected chi connectivity index (χ2v) is 5.73. The molecular weight excluding hydrogens is 324 g/mol. The van der Waals surface area contributed by atoms with E-state index in [1.807, 2.05) is 20.0 Å². The first kappa shape index (κ1) is 15.1. The van der Waals surface area contributed by atoms with Crippen LogP contribution in [0.5, 0.6) is 0 Å². The number of hydrogen-bond donors (Lipinski definition) is 1. The van der Waals surface area contributed by atoms with E-state index in [0.29, 0.717) is 10.9 Å². The Balaban J connectivity index is 2.28. The zero-order chi connectivity index (χ0) is 14.7. The summed E-state index contributed by atoms with van der Waals surface area (Å²) in [6.45, 7) is 1.88. The molecule has 0 saturated carbocycles. The summed E-state index contributed by atoms with van der Waals surface area (Å²) in [7, 11) is 1.84. The van der Waals surface area contributed by atoms with Gasteiger partial charge in [-0.25, -0.2) is 8.78 Å². The highest BCUT2D eigenvalue weighted by Crippen LogP contribution is 2.24. The van der Waals surface area contributed by atoms with E-state index in [1.165, 1.54) is 24.3 Å². The highest BCUT2D eigenvalue weighted by atomic mass is 79.9. The minimum Gasteiger partial charge on any atom is -0.313 e. The molecule has 0 spiro atoms. The lowest BCUT2D eigenvalue weighted by atomic mass is 9.96. The van der Waals surface area contributed by atoms with Gasteiger partial charge in [-0.15, -0.1) is 0 Å². The summed E-state index contributed by atoms with van der Waals surface area (Å²) in [5, 5.41) is 3.18. The Morgan fingerprint density at radius 1 is 1.10 bits per heavy atom. The Hall–Kier alpha value is -1.26. The van der Waals surface area contributed by atoms with Crippen LogP contribution in [0.15, 0.2) is 40.9 Å². The summed E-state index contributed by atoms with van der Waals surface area (Å²) in [5.41, 5.74) is 2.81. The molecule has 0 aliphatic rings. The van der Waals surface area contributed by atoms with Crippen molar-refractivity contribution in [2.75, 3.05) is 7.05 Å². The molecule has 2 aromatic carbocycles. The van der Waals surface area contributed by atoms with Crippen molar-refractivity contribution in [1.29, 1.82) is 0 Å². The molecule has 2 aromatic rings. The van der Waals surface area contributed by atoms with E-state index < -0.39 is 0 Å². The summed E-state index contributed by atoms with van der Waals surface area (Å²) in [6, 6.07) is 9.57. The maximum absolute atomic E-state index is 13.5. The molecule has 1 unspecified atom stereocenters. The molecule has 0 saturated heterocycles. The number of nitrogens with one attached hydrogen (secondary N) is 1. The van der Waals surface area contributed by atoms with Gasteiger partial charge >= 0.3 is 0 Å². The first-order valence-corrected chi connectivity index (χ1v) is 7.17. The SMILES string of the molecule is CNC(Cc1ccc(F)cc1C)c1cc(F)cc(Br)c1. The standard InChI is InChI=1S/C16H16BrF2N/c1-10-5-14(18)4-3-11(10)8-16(20-2)12-6-13(17)9-15(19)7-12/h3-7,9,16,20H,8H2,1-2H3. The van der Waals surface area contributed by atoms with Gasteiger partial charge in [-0.1, -0.05) is 22.0 Å². The summed E-state index contributed by atoms with van der Waals surface area (Å²) < 4.78 is 27.3. The molecule has 1 N–H and O–H groups in total. The van der Waals surface area contributed by atoms with Gasteiger partial charge in [0.05, 0.1) is 0 Å². The number of aryl methyl sites for hydroxylation is 1. The van der Waals surface area contributed by atoms with Crippen molar-refractivity contribution in [3.63, 3.8) is 0 Å². The average molecular weight is 340 g/mol. The van der Waals surface area contributed by atoms with Crippen LogP contribution in [-0.2, 0) is 6.42 Å². The fraction of sp³-hybridized carbons (Fsp3) is 0.250. The van der Waals surface area contributed by atoms with Crippen LogP contribution in [0.25, 0.3) is 0 Å². The van der Waals surface area contributed by atoms with E-state index in [-0.39, 0.29) is 17.7 Å². The monoisotopic (exact) mass is 339 g/mol. The van der Waals surface area contributed by atoms with E-state index in [1.54, 1.807) is 6.07 Å². The Bertz CT molecular complexity index is 593. The van der Waals surface area contributed by atoms with Crippen LogP contribution < -0.4 is 5.32 Å². The molecule has 4 heteroatoms. The molecule has 0 heterocycles. The molecule has 0 aliphatic heterocycles. The lowest BCUT2D eigenvalue weighted by molar-refractivity contribution is 0.573. The number of likely N-dealkylation sites (N-methyl/N-ethyl adjacent to an activating group) is 1. The second kappa shape index (κ2) is 6.46. The van der Waals surface area contributed by atoms with Crippen LogP contribution in [0, 0.1) is 18.6 Å². The third-order valence-electron chi connectivity index (χ3n) is 3.36. The topological polar surface area (TPSA) is 12.0 Å². The summed E-state index contributed by atoms with van der Waals surface area (Å²) >= 11 is 3.30. The van der Waals surface area contributed by atoms with Gasteiger partial charge in [0, 0.05) is 10.5 Å². The first-order chi connectivity index (χ1) is 9.49. The average Bonchev–Trinajstić information content (AvgIpc) is 2.36. The zero-order valence-corrected chi connectivity index (χ0v) is 13.0. The van der Waals surface area contributed by atoms with Crippen molar-refractivity contribution in [2.45, 2.75) is 19.4 Å². The van der Waals surface area contributed by atoms with Crippen molar-refractivity contribution >= 4 is 15.9 Å². The highest BCUT2D eigenvalue weighted by Gasteiger charge is 2.13. The van der Waals surface area contributed by atoms with Crippen LogP contribution in [0.4, 0.5) is 8.78 Å². The van der Waals surface area contributed by atoms with E-state index in [4.69, 9.17) is 0 Å². The first-order valence-electron chi connectivity index (χ1n) is 6.38. The van der Waals surface area contributed by atoms with Crippen molar-refractivity contribution in [3.05, 3.63) is 69.2 Å². The molecule has 0 aromatic heterocycles. The second-order valence-electron chi connectivity index (χ2n) is 4.82. The van der Waals surface area contributed by atoms with Gasteiger partial charge in [0.25, 0.3) is 0 Å². The van der Waals surface area contributed by atoms with Crippen LogP contribution >= 0.6 is 15.9 Å². The molecule has 0 aliphatic carbocycles. The lowest BCUT2D eigenvalue weighted by Crippen LogP contribution is -2.19. The molecule has 0 fully saturated rings. The van der Waals surface area contributed by atoms with Gasteiger partial charge in [0.15, 0.2) is 0 Å². The highest BCUT2D eigenvalue weighted by molar-refractivity contribution is 9.10. The van der Waals surface area contributed by atoms with Gasteiger partial charge in [-0.2, -0.15) is 0 Å². The Morgan fingerprint density at radius 3 is 2.45 bits per heavy atom. The number of halogens is 3. The number of rotatable bonds is 4. The van der Waals surface area contributed by atoms with Gasteiger partial charge in [0.2, 0.25) is 0 Å². The third kappa shape index (κ3) is 3.64. The molecule has 0 amide bonds. The lowest BCUT2D eigenvalue weighted by Gasteiger charge is -2.18. The summed E-state index contributed by atoms with van der Waals surface area (Å²) in [6.07, 6.45) is 0.679. The van der Waals surface area contributed by atoms with E-state index in [0.717, 1.165) is 16.7 Å². The van der Waals surface area contributed by atoms with Crippen LogP contribution in [0.2, 0.25) is 0 Å². The Morgan fingerprint density at radius 2 is 1.85 bits per heavy atom. The third-order valence-corrected chi connectivity index (χ3v) is 3.82. The molecule has 20 heavy (non-hydrogen) atoms. The summed E-state index contributed by atoms with van der Waals surface area (Å²) in [4.78, 5) is 0. The predicted octanol–water partition coefficient (Wildman–Crippen LogP) is 4.54. The van der Waals surface area contributed by atoms with Crippen LogP contribution in [0.1, 0.15) is 22.7 Å². The van der Waals surface area contributed by atoms with Gasteiger partial charge in [-0.3, -0.25) is 0 Å². The molecule has 0 bridgehead atoms. The van der Waals surface area contributed by atoms with Gasteiger partial charge in [-0.05, 0) is 67.4 Å². The van der Waals surface area contributed by atoms with Gasteiger partial charge < -0.3 is 5.32 Å². The fourth-order valence-electron chi connectivity index (χ4n) is 2.27. The fourth-order valence-corrected chi connectivity index (χ4v) is 2.75. The molecule has 1 nitrogen and oxygen atoms in total. The normalized spacial score (nSPS) is 12.4. The van der Waals surface area contributed by atoms with Crippen molar-refractivity contribution < 1.29 is 8.78 Å². The largest absolute Gasteiger partial charge is 0.313 e. The van der Waals surface area contributed by atoms with E-state index in [2.05, 4.69) is 21.2 Å². The molecule has 0 radical (unpaired) electrons. The Kier molecular flexibility index (Phi) is 4.89. The maximum Gasteiger partial charge on any atom is 0.124 e. The van der Waals surface area contributed by atoms with Crippen LogP contribution in [-0.4, -0.2) is 7.05 Å². The van der Waals surface area contributed by atoms with E-state index >= 15 is 0 Å². The minimum absolute atomic E-state index is 0.0221. The number of hydrogen-bond acceptors (Lipinski definition) is 1. The molecular formula is C16H16BrF2N. The molecule has 2 rings (SSSR count). The summed E-state index contributed by atoms with van der Waals surface area (Å²) in [5.74, 6) is -0.508. The Labute approximate surface area is 126 Å². The molecule has 106 valence electrons. The quantitative estimate of drug-likeness (QED) is 0.862. The maximum atomic E-state index is 13.5. The van der Waals surface area contributed by atoms with Gasteiger partial charge in [0.1, 0.15) is 11.6 Å².